The molecule has 23 heteroatoms. The third-order valence-corrected chi connectivity index (χ3v) is 20.5. The molecule has 0 aliphatic heterocycles. The molecule has 0 bridgehead atoms. The summed E-state index contributed by atoms with van der Waals surface area (Å²) in [5.74, 6) is 1.69. The smallest absolute Gasteiger partial charge is 0 e. The molecule has 0 saturated carbocycles. The molecule has 0 fully saturated rings. The molecule has 5 aromatic heterocycles. The summed E-state index contributed by atoms with van der Waals surface area (Å²) in [5.41, 5.74) is 16.5. The molecule has 0 aliphatic carbocycles. The number of unbranched alkanes of at least 4 members (excludes halogenated alkanes) is 15. The normalized spacial score (nSPS) is 10.3. The number of nitrogens with zero attached hydrogens (tertiary/aromatic N) is 10. The van der Waals surface area contributed by atoms with Gasteiger partial charge in [0.25, 0.3) is 0 Å². The van der Waals surface area contributed by atoms with Gasteiger partial charge in [-0.05, 0) is 146 Å². The molecule has 1 N–H and O–H groups in total. The molecule has 15 aromatic rings. The summed E-state index contributed by atoms with van der Waals surface area (Å²) in [7, 11) is 9.78. The van der Waals surface area contributed by atoms with E-state index in [1.165, 1.54) is 193 Å². The second kappa shape index (κ2) is 66.6. The van der Waals surface area contributed by atoms with Crippen molar-refractivity contribution in [1.29, 1.82) is 0 Å². The van der Waals surface area contributed by atoms with Crippen LogP contribution in [0.2, 0.25) is 0 Å². The van der Waals surface area contributed by atoms with Gasteiger partial charge in [-0.15, -0.1) is 71.8 Å². The number of aliphatic carboxylic acids is 1. The minimum atomic E-state index is -5.08. The number of aryl methyl sites for hydroxylation is 4. The molecule has 690 valence electrons. The summed E-state index contributed by atoms with van der Waals surface area (Å²) in [5, 5.41) is 7.12. The fourth-order valence-corrected chi connectivity index (χ4v) is 13.8. The van der Waals surface area contributed by atoms with Crippen LogP contribution in [0, 0.1) is 24.9 Å². The van der Waals surface area contributed by atoms with E-state index < -0.39 is 27.8 Å². The second-order valence-electron chi connectivity index (χ2n) is 30.1. The first kappa shape index (κ1) is 114. The molecule has 2 radical (unpaired) electrons. The average Bonchev–Trinajstić information content (AvgIpc) is 1.65. The molecule has 12 nitrogen and oxygen atoms in total. The molecule has 0 aliphatic rings. The van der Waals surface area contributed by atoms with Gasteiger partial charge < -0.3 is 38.1 Å². The maximum atomic E-state index is 12.9. The Bertz CT molecular complexity index is 4850. The number of aromatic nitrogens is 10. The number of hydrogen-bond donors (Lipinski definition) is 1. The second-order valence-corrected chi connectivity index (χ2v) is 33.5. The summed E-state index contributed by atoms with van der Waals surface area (Å²) in [6.07, 6.45) is 44.7. The summed E-state index contributed by atoms with van der Waals surface area (Å²) < 4.78 is 55.1. The van der Waals surface area contributed by atoms with Crippen molar-refractivity contribution in [2.24, 2.45) is 0 Å². The van der Waals surface area contributed by atoms with E-state index in [1.807, 2.05) is 176 Å². The van der Waals surface area contributed by atoms with E-state index in [4.69, 9.17) is 29.1 Å². The number of carboxylic acids is 1. The van der Waals surface area contributed by atoms with Crippen LogP contribution in [0.5, 0.6) is 0 Å². The number of carboxylic acid groups (broad SMARTS) is 1. The van der Waals surface area contributed by atoms with Crippen LogP contribution >= 0.6 is 19.2 Å². The summed E-state index contributed by atoms with van der Waals surface area (Å²) in [6.45, 7) is 14.9. The first-order valence-corrected chi connectivity index (χ1v) is 49.9. The van der Waals surface area contributed by atoms with Gasteiger partial charge in [0, 0.05) is 150 Å². The number of halogens is 7. The van der Waals surface area contributed by atoms with E-state index in [2.05, 4.69) is 218 Å². The SMILES string of the molecule is CCCCCCc1ccc(-n2ccnc2-c2[c-]cccc2)cc1.CCCCCCc1ccc(-n2ccnc2-c2[c-]cccc2)cc1.CCCCCCc1ccc(-n2ccnc2-c2ccccc2)cc1.CCCCCCc1ccc(-n2ccnc2-c2ccccc2)cc1.Fc1ccc(-n2ccnc2-c2ccccc2)cc1.O=C(O)C(F)(F)F.[Ag].[Br-].[CH2-]CCCCC.[Cl][Ir+][Cl].[Ir].[Mg+2]. The van der Waals surface area contributed by atoms with E-state index >= 15 is 0 Å². The van der Waals surface area contributed by atoms with Crippen LogP contribution in [0.4, 0.5) is 17.6 Å². The number of rotatable bonds is 33. The Kier molecular flexibility index (Phi) is 58.2. The standard InChI is InChI=1S/2C21H24N2.2C21H23N2.C15H11FN2.C6H13.C2HF3O2.Ag.BrH.2ClH.2Ir.Mg/c4*1-2-3-4-6-9-18-12-14-20(15-13-18)23-17-16-22-21(23)19-10-7-5-8-11-19;16-13-6-8-14(9-7-13)18-11-10-17-15(18)12-4-2-1-3-5-12;1-3-5-6-4-2;3-2(4,5)1(6)7;;;;;;;/h2*5,7-8,10-17H,2-4,6,9H2,1H3;2*5,7-8,10,12-17H,2-4,6,9H2,1H3;1-11H;1,3-6H2,2H3;(H,6,7);;3*1H;;;/q;;2*-1;;-1;;;;;;;+3;+2/p-3. The molecule has 10 aromatic carbocycles. The summed E-state index contributed by atoms with van der Waals surface area (Å²) in [4.78, 5) is 31.3. The third-order valence-electron chi connectivity index (χ3n) is 20.5. The minimum absolute atomic E-state index is 0. The third kappa shape index (κ3) is 40.0. The Balaban J connectivity index is 0.000000324. The average molecular weight is 2320 g/mol. The van der Waals surface area contributed by atoms with Crippen molar-refractivity contribution < 1.29 is 103 Å². The first-order chi connectivity index (χ1) is 61.6. The monoisotopic (exact) mass is 2320 g/mol. The molecule has 0 atom stereocenters. The van der Waals surface area contributed by atoms with E-state index in [0.29, 0.717) is 0 Å². The van der Waals surface area contributed by atoms with Crippen LogP contribution in [0.15, 0.2) is 323 Å². The fraction of sp³-hybridized carbons (Fsp3) is 0.280. The maximum Gasteiger partial charge on any atom is 2.00 e. The van der Waals surface area contributed by atoms with Gasteiger partial charge >= 0.3 is 70.0 Å². The van der Waals surface area contributed by atoms with Crippen molar-refractivity contribution >= 4 is 48.2 Å². The van der Waals surface area contributed by atoms with Crippen LogP contribution < -0.4 is 17.0 Å². The zero-order chi connectivity index (χ0) is 89.6. The number of carbonyl (C=O) groups is 1. The van der Waals surface area contributed by atoms with Gasteiger partial charge in [0.1, 0.15) is 23.3 Å². The van der Waals surface area contributed by atoms with Crippen molar-refractivity contribution in [3.8, 4) is 85.4 Å². The van der Waals surface area contributed by atoms with E-state index in [-0.39, 0.29) is 88.3 Å². The van der Waals surface area contributed by atoms with Crippen LogP contribution in [-0.4, -0.2) is 88.1 Å². The van der Waals surface area contributed by atoms with Gasteiger partial charge in [0.2, 0.25) is 0 Å². The topological polar surface area (TPSA) is 126 Å². The number of alkyl halides is 3. The molecular weight excluding hydrogens is 2200 g/mol. The van der Waals surface area contributed by atoms with Gasteiger partial charge in [-0.1, -0.05) is 270 Å². The molecule has 0 spiro atoms. The molecule has 0 unspecified atom stereocenters. The van der Waals surface area contributed by atoms with Crippen molar-refractivity contribution in [3.05, 3.63) is 370 Å². The van der Waals surface area contributed by atoms with E-state index in [1.54, 1.807) is 18.3 Å². The first-order valence-electron chi connectivity index (χ1n) is 44.0. The summed E-state index contributed by atoms with van der Waals surface area (Å²) >= 11 is -0.556. The molecule has 5 heterocycles. The van der Waals surface area contributed by atoms with Crippen LogP contribution in [0.25, 0.3) is 85.4 Å². The van der Waals surface area contributed by atoms with E-state index in [0.717, 1.165) is 80.4 Å². The maximum absolute atomic E-state index is 12.9. The van der Waals surface area contributed by atoms with Gasteiger partial charge in [0.05, 0.1) is 11.6 Å². The Morgan fingerprint density at radius 2 is 0.585 bits per heavy atom. The Hall–Kier alpha value is -8.69. The predicted octanol–water partition coefficient (Wildman–Crippen LogP) is 27.0. The molecule has 0 amide bonds. The molecule has 15 rings (SSSR count). The van der Waals surface area contributed by atoms with Crippen molar-refractivity contribution in [2.75, 3.05) is 0 Å². The van der Waals surface area contributed by atoms with Gasteiger partial charge in [-0.2, -0.15) is 19.6 Å². The van der Waals surface area contributed by atoms with Crippen molar-refractivity contribution in [2.45, 2.75) is 195 Å². The van der Waals surface area contributed by atoms with Gasteiger partial charge in [0.15, 0.2) is 0 Å². The van der Waals surface area contributed by atoms with Crippen molar-refractivity contribution in [3.63, 3.8) is 0 Å². The largest absolute Gasteiger partial charge is 2.00 e. The molecular formula is C107H119AgBrCl2F4Ir2MgN10O2-. The zero-order valence-electron chi connectivity index (χ0n) is 74.9. The number of imidazole rings is 5. The van der Waals surface area contributed by atoms with Gasteiger partial charge in [-0.25, -0.2) is 24.1 Å². The van der Waals surface area contributed by atoms with Crippen molar-refractivity contribution in [1.82, 2.24) is 47.8 Å². The Morgan fingerprint density at radius 1 is 0.362 bits per heavy atom. The summed E-state index contributed by atoms with van der Waals surface area (Å²) in [6, 6.07) is 94.8. The fourth-order valence-electron chi connectivity index (χ4n) is 13.8. The Labute approximate surface area is 840 Å². The zero-order valence-corrected chi connectivity index (χ0v) is 85.7. The van der Waals surface area contributed by atoms with Crippen LogP contribution in [0.1, 0.15) is 185 Å². The number of benzene rings is 10. The predicted molar refractivity (Wildman–Crippen MR) is 515 cm³/mol. The molecule has 0 saturated heterocycles. The van der Waals surface area contributed by atoms with Crippen LogP contribution in [0.3, 0.4) is 0 Å². The van der Waals surface area contributed by atoms with E-state index in [9.17, 15) is 17.6 Å². The molecule has 130 heavy (non-hydrogen) atoms. The number of hydrogen-bond acceptors (Lipinski definition) is 6. The van der Waals surface area contributed by atoms with Crippen LogP contribution in [-0.2, 0) is 88.6 Å². The quantitative estimate of drug-likeness (QED) is 0.0188. The minimum Gasteiger partial charge on any atom is 0 e. The Morgan fingerprint density at radius 3 is 0.800 bits per heavy atom. The van der Waals surface area contributed by atoms with Gasteiger partial charge in [-0.3, -0.25) is 23.7 Å².